The summed E-state index contributed by atoms with van der Waals surface area (Å²) in [5, 5.41) is 3.20. The quantitative estimate of drug-likeness (QED) is 0.0818. The summed E-state index contributed by atoms with van der Waals surface area (Å²) in [4.78, 5) is 30.3. The summed E-state index contributed by atoms with van der Waals surface area (Å²) in [6, 6.07) is 28.4. The van der Waals surface area contributed by atoms with Crippen molar-refractivity contribution in [2.75, 3.05) is 26.4 Å². The lowest BCUT2D eigenvalue weighted by Gasteiger charge is -2.56. The van der Waals surface area contributed by atoms with Gasteiger partial charge in [0, 0.05) is 19.6 Å². The normalized spacial score (nSPS) is 27.7. The first-order chi connectivity index (χ1) is 27.5. The molecule has 1 aliphatic heterocycles. The molecule has 5 aliphatic rings. The highest BCUT2D eigenvalue weighted by atomic mass is 16.5. The van der Waals surface area contributed by atoms with E-state index in [2.05, 4.69) is 11.9 Å². The molecular formula is C48H62N2O6. The van der Waals surface area contributed by atoms with Crippen LogP contribution in [-0.2, 0) is 48.4 Å². The van der Waals surface area contributed by atoms with Gasteiger partial charge in [0.2, 0.25) is 11.8 Å². The van der Waals surface area contributed by atoms with Gasteiger partial charge in [-0.15, -0.1) is 6.58 Å². The molecule has 0 radical (unpaired) electrons. The molecule has 1 heterocycles. The highest BCUT2D eigenvalue weighted by Gasteiger charge is 2.55. The van der Waals surface area contributed by atoms with Gasteiger partial charge < -0.3 is 29.2 Å². The fourth-order valence-electron chi connectivity index (χ4n) is 10.4. The number of amides is 2. The first-order valence-corrected chi connectivity index (χ1v) is 21.2. The summed E-state index contributed by atoms with van der Waals surface area (Å²) in [7, 11) is 0. The molecule has 4 saturated carbocycles. The third kappa shape index (κ3) is 10.6. The van der Waals surface area contributed by atoms with Crippen molar-refractivity contribution in [2.45, 2.75) is 115 Å². The van der Waals surface area contributed by atoms with E-state index in [1.54, 1.807) is 11.0 Å². The van der Waals surface area contributed by atoms with Gasteiger partial charge >= 0.3 is 0 Å². The average Bonchev–Trinajstić information content (AvgIpc) is 3.52. The maximum Gasteiger partial charge on any atom is 0.245 e. The van der Waals surface area contributed by atoms with Crippen molar-refractivity contribution in [3.05, 3.63) is 120 Å². The Kier molecular flexibility index (Phi) is 14.5. The van der Waals surface area contributed by atoms with Gasteiger partial charge in [-0.3, -0.25) is 9.59 Å². The monoisotopic (exact) mass is 762 g/mol. The molecule has 3 aromatic carbocycles. The van der Waals surface area contributed by atoms with E-state index in [0.717, 1.165) is 66.9 Å². The molecule has 56 heavy (non-hydrogen) atoms. The van der Waals surface area contributed by atoms with Gasteiger partial charge in [0.25, 0.3) is 0 Å². The number of nitrogens with zero attached hydrogens (tertiary/aromatic N) is 1. The van der Waals surface area contributed by atoms with Gasteiger partial charge in [-0.1, -0.05) is 97.1 Å². The number of nitrogens with one attached hydrogen (secondary N) is 1. The van der Waals surface area contributed by atoms with E-state index in [9.17, 15) is 9.59 Å². The molecule has 4 bridgehead atoms. The third-order valence-electron chi connectivity index (χ3n) is 12.6. The second kappa shape index (κ2) is 20.0. The van der Waals surface area contributed by atoms with Crippen LogP contribution in [0.15, 0.2) is 104 Å². The fraction of sp³-hybridized carbons (Fsp3) is 0.542. The predicted molar refractivity (Wildman–Crippen MR) is 218 cm³/mol. The van der Waals surface area contributed by atoms with E-state index >= 15 is 0 Å². The Morgan fingerprint density at radius 1 is 0.714 bits per heavy atom. The van der Waals surface area contributed by atoms with E-state index in [4.69, 9.17) is 18.9 Å². The lowest BCUT2D eigenvalue weighted by atomic mass is 9.50. The molecule has 8 nitrogen and oxygen atoms in total. The summed E-state index contributed by atoms with van der Waals surface area (Å²) < 4.78 is 26.1. The number of ether oxygens (including phenoxy) is 4. The lowest BCUT2D eigenvalue weighted by molar-refractivity contribution is -0.144. The highest BCUT2D eigenvalue weighted by molar-refractivity contribution is 5.89. The predicted octanol–water partition coefficient (Wildman–Crippen LogP) is 8.44. The van der Waals surface area contributed by atoms with Gasteiger partial charge in [-0.2, -0.15) is 0 Å². The molecule has 4 atom stereocenters. The van der Waals surface area contributed by atoms with Gasteiger partial charge in [0.05, 0.1) is 39.1 Å². The van der Waals surface area contributed by atoms with E-state index in [1.165, 1.54) is 38.5 Å². The molecular weight excluding hydrogens is 701 g/mol. The van der Waals surface area contributed by atoms with Crippen molar-refractivity contribution in [1.29, 1.82) is 0 Å². The standard InChI is InChI=1S/C48H62N2O6/c1-2-3-22-43(51)50-42(34-54-31-36-16-8-4-9-17-36)45(55-32-37-18-10-5-11-19-37)46(56-33-38-20-12-6-13-21-38)44(50)47(52)49-23-14-7-15-24-53-35-48-28-39-25-40(29-48)27-41(26-39)30-48/h2,4-6,8-13,16-21,39-42,44-46H,1,3,7,14-15,22-35H2,(H,49,52)/t39?,40?,41?,42-,44-,45-,46-,48?/m0/s1. The summed E-state index contributed by atoms with van der Waals surface area (Å²) in [5.74, 6) is 2.44. The first-order valence-electron chi connectivity index (χ1n) is 21.2. The zero-order valence-corrected chi connectivity index (χ0v) is 33.1. The van der Waals surface area contributed by atoms with E-state index in [-0.39, 0.29) is 31.4 Å². The maximum atomic E-state index is 14.4. The largest absolute Gasteiger partial charge is 0.381 e. The Bertz CT molecular complexity index is 1630. The van der Waals surface area contributed by atoms with Gasteiger partial charge in [0.1, 0.15) is 18.2 Å². The molecule has 1 N–H and O–H groups in total. The summed E-state index contributed by atoms with van der Waals surface area (Å²) in [6.07, 6.45) is 12.3. The van der Waals surface area contributed by atoms with Crippen LogP contribution < -0.4 is 5.32 Å². The van der Waals surface area contributed by atoms with Crippen LogP contribution in [0.1, 0.15) is 87.3 Å². The Balaban J connectivity index is 1.02. The fourth-order valence-corrected chi connectivity index (χ4v) is 10.4. The molecule has 300 valence electrons. The van der Waals surface area contributed by atoms with Crippen molar-refractivity contribution in [1.82, 2.24) is 10.2 Å². The zero-order chi connectivity index (χ0) is 38.6. The number of allylic oxidation sites excluding steroid dienone is 1. The van der Waals surface area contributed by atoms with Crippen LogP contribution in [0.3, 0.4) is 0 Å². The molecule has 4 aliphatic carbocycles. The van der Waals surface area contributed by atoms with Crippen LogP contribution in [0.2, 0.25) is 0 Å². The van der Waals surface area contributed by atoms with Crippen LogP contribution in [0, 0.1) is 23.2 Å². The van der Waals surface area contributed by atoms with Crippen LogP contribution >= 0.6 is 0 Å². The summed E-state index contributed by atoms with van der Waals surface area (Å²) in [6.45, 7) is 7.19. The molecule has 3 aromatic rings. The molecule has 2 amide bonds. The molecule has 8 heteroatoms. The Morgan fingerprint density at radius 2 is 1.27 bits per heavy atom. The number of carbonyl (C=O) groups excluding carboxylic acids is 2. The number of carbonyl (C=O) groups is 2. The SMILES string of the molecule is C=CCCC(=O)N1[C@H](C(=O)NCCCCCOCC23CC4CC(CC(C4)C2)C3)[C@H](OCc2ccccc2)[C@@H](OCc2ccccc2)[C@@H]1COCc1ccccc1. The van der Waals surface area contributed by atoms with Crippen molar-refractivity contribution < 1.29 is 28.5 Å². The van der Waals surface area contributed by atoms with Crippen molar-refractivity contribution in [3.63, 3.8) is 0 Å². The molecule has 5 fully saturated rings. The zero-order valence-electron chi connectivity index (χ0n) is 33.1. The Labute approximate surface area is 334 Å². The minimum absolute atomic E-state index is 0.145. The molecule has 8 rings (SSSR count). The van der Waals surface area contributed by atoms with Gasteiger partial charge in [-0.05, 0) is 104 Å². The molecule has 0 unspecified atom stereocenters. The van der Waals surface area contributed by atoms with Crippen molar-refractivity contribution in [3.8, 4) is 0 Å². The van der Waals surface area contributed by atoms with E-state index < -0.39 is 24.3 Å². The Hall–Kier alpha value is -3.82. The second-order valence-corrected chi connectivity index (χ2v) is 17.0. The number of unbranched alkanes of at least 4 members (excludes halogenated alkanes) is 2. The Morgan fingerprint density at radius 3 is 1.84 bits per heavy atom. The van der Waals surface area contributed by atoms with Crippen LogP contribution in [0.25, 0.3) is 0 Å². The first kappa shape index (κ1) is 40.4. The van der Waals surface area contributed by atoms with Crippen molar-refractivity contribution in [2.24, 2.45) is 23.2 Å². The molecule has 0 spiro atoms. The minimum Gasteiger partial charge on any atom is -0.381 e. The average molecular weight is 763 g/mol. The van der Waals surface area contributed by atoms with Gasteiger partial charge in [0.15, 0.2) is 0 Å². The third-order valence-corrected chi connectivity index (χ3v) is 12.6. The van der Waals surface area contributed by atoms with E-state index in [0.29, 0.717) is 31.6 Å². The number of hydrogen-bond acceptors (Lipinski definition) is 6. The van der Waals surface area contributed by atoms with Crippen LogP contribution in [0.5, 0.6) is 0 Å². The van der Waals surface area contributed by atoms with Gasteiger partial charge in [-0.25, -0.2) is 0 Å². The summed E-state index contributed by atoms with van der Waals surface area (Å²) in [5.41, 5.74) is 3.44. The van der Waals surface area contributed by atoms with Crippen LogP contribution in [-0.4, -0.2) is 67.4 Å². The number of rotatable bonds is 22. The highest BCUT2D eigenvalue weighted by Crippen LogP contribution is 2.60. The molecule has 0 aromatic heterocycles. The summed E-state index contributed by atoms with van der Waals surface area (Å²) >= 11 is 0. The molecule has 1 saturated heterocycles. The maximum absolute atomic E-state index is 14.4. The smallest absolute Gasteiger partial charge is 0.245 e. The number of likely N-dealkylation sites (tertiary alicyclic amines) is 1. The topological polar surface area (TPSA) is 86.3 Å². The minimum atomic E-state index is -0.897. The lowest BCUT2D eigenvalue weighted by Crippen LogP contribution is -2.53. The van der Waals surface area contributed by atoms with Crippen LogP contribution in [0.4, 0.5) is 0 Å². The van der Waals surface area contributed by atoms with E-state index in [1.807, 2.05) is 91.0 Å². The van der Waals surface area contributed by atoms with Crippen molar-refractivity contribution >= 4 is 11.8 Å². The number of hydrogen-bond donors (Lipinski definition) is 1. The second-order valence-electron chi connectivity index (χ2n) is 17.0. The number of benzene rings is 3.